The molecule has 0 bridgehead atoms. The fourth-order valence-corrected chi connectivity index (χ4v) is 1.89. The minimum absolute atomic E-state index is 0. The lowest BCUT2D eigenvalue weighted by molar-refractivity contribution is -0.119. The van der Waals surface area contributed by atoms with Gasteiger partial charge in [-0.15, -0.1) is 22.6 Å². The van der Waals surface area contributed by atoms with Crippen LogP contribution in [0.2, 0.25) is 0 Å². The molecule has 120 valence electrons. The zero-order chi connectivity index (χ0) is 15.6. The number of carbonyl (C=O) groups is 1. The van der Waals surface area contributed by atoms with Gasteiger partial charge in [-0.2, -0.15) is 0 Å². The molecule has 7 heteroatoms. The fourth-order valence-electron chi connectivity index (χ4n) is 1.89. The molecule has 1 aromatic heterocycles. The maximum Gasteiger partial charge on any atom is 0.241 e. The van der Waals surface area contributed by atoms with Crippen molar-refractivity contribution in [1.29, 1.82) is 0 Å². The SMILES string of the molecule is Cl.Cn1cnnc1-c1cccc(NC(=O)[C@@H](N)C(C)(C)C)c1. The molecule has 2 rings (SSSR count). The van der Waals surface area contributed by atoms with Gasteiger partial charge in [0.25, 0.3) is 0 Å². The summed E-state index contributed by atoms with van der Waals surface area (Å²) in [4.78, 5) is 12.2. The first kappa shape index (κ1) is 18.1. The van der Waals surface area contributed by atoms with Gasteiger partial charge in [0.1, 0.15) is 6.33 Å². The summed E-state index contributed by atoms with van der Waals surface area (Å²) < 4.78 is 1.82. The third-order valence-corrected chi connectivity index (χ3v) is 3.32. The Bertz CT molecular complexity index is 647. The summed E-state index contributed by atoms with van der Waals surface area (Å²) >= 11 is 0. The second-order valence-corrected chi connectivity index (χ2v) is 6.18. The molecule has 6 nitrogen and oxygen atoms in total. The van der Waals surface area contributed by atoms with E-state index in [1.807, 2.05) is 56.7 Å². The van der Waals surface area contributed by atoms with Crippen LogP contribution in [-0.2, 0) is 11.8 Å². The van der Waals surface area contributed by atoms with Crippen molar-refractivity contribution >= 4 is 24.0 Å². The Morgan fingerprint density at radius 2 is 2.05 bits per heavy atom. The zero-order valence-electron chi connectivity index (χ0n) is 13.2. The van der Waals surface area contributed by atoms with Crippen LogP contribution in [0.1, 0.15) is 20.8 Å². The van der Waals surface area contributed by atoms with Crippen molar-refractivity contribution in [2.24, 2.45) is 18.2 Å². The first-order chi connectivity index (χ1) is 9.79. The number of benzene rings is 1. The van der Waals surface area contributed by atoms with E-state index < -0.39 is 6.04 Å². The van der Waals surface area contributed by atoms with Gasteiger partial charge in [0, 0.05) is 18.3 Å². The number of aromatic nitrogens is 3. The van der Waals surface area contributed by atoms with Crippen molar-refractivity contribution in [3.8, 4) is 11.4 Å². The molecule has 0 radical (unpaired) electrons. The summed E-state index contributed by atoms with van der Waals surface area (Å²) in [6.07, 6.45) is 1.64. The first-order valence-corrected chi connectivity index (χ1v) is 6.80. The Kier molecular flexibility index (Phi) is 5.68. The van der Waals surface area contributed by atoms with Crippen molar-refractivity contribution < 1.29 is 4.79 Å². The Balaban J connectivity index is 0.00000242. The fraction of sp³-hybridized carbons (Fsp3) is 0.400. The quantitative estimate of drug-likeness (QED) is 0.906. The predicted molar refractivity (Wildman–Crippen MR) is 89.7 cm³/mol. The molecule has 1 amide bonds. The van der Waals surface area contributed by atoms with Crippen molar-refractivity contribution in [2.75, 3.05) is 5.32 Å². The van der Waals surface area contributed by atoms with E-state index in [0.29, 0.717) is 5.69 Å². The van der Waals surface area contributed by atoms with E-state index in [9.17, 15) is 4.79 Å². The van der Waals surface area contributed by atoms with Crippen LogP contribution in [0.3, 0.4) is 0 Å². The summed E-state index contributed by atoms with van der Waals surface area (Å²) in [5, 5.41) is 10.8. The average Bonchev–Trinajstić information content (AvgIpc) is 2.83. The highest BCUT2D eigenvalue weighted by atomic mass is 35.5. The van der Waals surface area contributed by atoms with Crippen LogP contribution >= 0.6 is 12.4 Å². The molecule has 0 aliphatic rings. The first-order valence-electron chi connectivity index (χ1n) is 6.80. The summed E-state index contributed by atoms with van der Waals surface area (Å²) in [6.45, 7) is 5.81. The van der Waals surface area contributed by atoms with Crippen LogP contribution < -0.4 is 11.1 Å². The highest BCUT2D eigenvalue weighted by molar-refractivity contribution is 5.95. The normalized spacial score (nSPS) is 12.4. The maximum absolute atomic E-state index is 12.2. The molecular weight excluding hydrogens is 302 g/mol. The molecule has 2 aromatic rings. The van der Waals surface area contributed by atoms with E-state index in [1.54, 1.807) is 6.33 Å². The molecule has 1 atom stereocenters. The van der Waals surface area contributed by atoms with Crippen molar-refractivity contribution in [3.63, 3.8) is 0 Å². The number of anilines is 1. The van der Waals surface area contributed by atoms with E-state index in [-0.39, 0.29) is 23.7 Å². The van der Waals surface area contributed by atoms with Crippen LogP contribution in [0.15, 0.2) is 30.6 Å². The molecule has 3 N–H and O–H groups in total. The molecule has 0 fully saturated rings. The summed E-state index contributed by atoms with van der Waals surface area (Å²) in [6, 6.07) is 6.90. The highest BCUT2D eigenvalue weighted by Crippen LogP contribution is 2.22. The molecule has 1 heterocycles. The maximum atomic E-state index is 12.2. The van der Waals surface area contributed by atoms with Crippen LogP contribution in [-0.4, -0.2) is 26.7 Å². The zero-order valence-corrected chi connectivity index (χ0v) is 14.0. The molecule has 1 aromatic carbocycles. The molecule has 0 spiro atoms. The van der Waals surface area contributed by atoms with Gasteiger partial charge in [0.15, 0.2) is 5.82 Å². The van der Waals surface area contributed by atoms with Gasteiger partial charge in [-0.3, -0.25) is 4.79 Å². The standard InChI is InChI=1S/C15H21N5O.ClH/c1-15(2,3)12(16)14(21)18-11-7-5-6-10(8-11)13-19-17-9-20(13)4;/h5-9,12H,16H2,1-4H3,(H,18,21);1H/t12-;/m1./s1. The minimum atomic E-state index is -0.573. The van der Waals surface area contributed by atoms with E-state index in [1.165, 1.54) is 0 Å². The Labute approximate surface area is 136 Å². The lowest BCUT2D eigenvalue weighted by atomic mass is 9.87. The number of nitrogens with one attached hydrogen (secondary N) is 1. The second-order valence-electron chi connectivity index (χ2n) is 6.18. The molecule has 0 unspecified atom stereocenters. The van der Waals surface area contributed by atoms with E-state index >= 15 is 0 Å². The van der Waals surface area contributed by atoms with E-state index in [2.05, 4.69) is 15.5 Å². The third-order valence-electron chi connectivity index (χ3n) is 3.32. The summed E-state index contributed by atoms with van der Waals surface area (Å²) in [5.41, 5.74) is 7.25. The van der Waals surface area contributed by atoms with E-state index in [4.69, 9.17) is 5.73 Å². The van der Waals surface area contributed by atoms with E-state index in [0.717, 1.165) is 11.4 Å². The van der Waals surface area contributed by atoms with Crippen molar-refractivity contribution in [3.05, 3.63) is 30.6 Å². The van der Waals surface area contributed by atoms with Crippen LogP contribution in [0, 0.1) is 5.41 Å². The summed E-state index contributed by atoms with van der Waals surface area (Å²) in [7, 11) is 1.87. The number of hydrogen-bond acceptors (Lipinski definition) is 4. The van der Waals surface area contributed by atoms with Crippen molar-refractivity contribution in [1.82, 2.24) is 14.8 Å². The molecular formula is C15H22ClN5O. The molecule has 0 saturated heterocycles. The molecule has 0 saturated carbocycles. The van der Waals surface area contributed by atoms with Crippen LogP contribution in [0.4, 0.5) is 5.69 Å². The number of rotatable bonds is 3. The van der Waals surface area contributed by atoms with Gasteiger partial charge in [0.05, 0.1) is 6.04 Å². The largest absolute Gasteiger partial charge is 0.325 e. The number of halogens is 1. The average molecular weight is 324 g/mol. The number of amides is 1. The molecule has 0 aliphatic heterocycles. The Morgan fingerprint density at radius 1 is 1.36 bits per heavy atom. The number of carbonyl (C=O) groups excluding carboxylic acids is 1. The Hall–Kier alpha value is -1.92. The van der Waals surface area contributed by atoms with Gasteiger partial charge in [-0.25, -0.2) is 0 Å². The van der Waals surface area contributed by atoms with Crippen LogP contribution in [0.5, 0.6) is 0 Å². The lowest BCUT2D eigenvalue weighted by Gasteiger charge is -2.25. The third kappa shape index (κ3) is 4.05. The molecule has 0 aliphatic carbocycles. The summed E-state index contributed by atoms with van der Waals surface area (Å²) in [5.74, 6) is 0.545. The minimum Gasteiger partial charge on any atom is -0.325 e. The van der Waals surface area contributed by atoms with Gasteiger partial charge < -0.3 is 15.6 Å². The van der Waals surface area contributed by atoms with Crippen molar-refractivity contribution in [2.45, 2.75) is 26.8 Å². The monoisotopic (exact) mass is 323 g/mol. The number of nitrogens with two attached hydrogens (primary N) is 1. The predicted octanol–water partition coefficient (Wildman–Crippen LogP) is 2.22. The van der Waals surface area contributed by atoms with Gasteiger partial charge in [0.2, 0.25) is 5.91 Å². The lowest BCUT2D eigenvalue weighted by Crippen LogP contribution is -2.45. The topological polar surface area (TPSA) is 85.8 Å². The highest BCUT2D eigenvalue weighted by Gasteiger charge is 2.27. The number of nitrogens with zero attached hydrogens (tertiary/aromatic N) is 3. The van der Waals surface area contributed by atoms with Gasteiger partial charge in [-0.05, 0) is 17.5 Å². The second kappa shape index (κ2) is 6.89. The Morgan fingerprint density at radius 3 is 2.59 bits per heavy atom. The number of hydrogen-bond donors (Lipinski definition) is 2. The molecule has 22 heavy (non-hydrogen) atoms. The smallest absolute Gasteiger partial charge is 0.241 e. The van der Waals surface area contributed by atoms with Gasteiger partial charge in [-0.1, -0.05) is 32.9 Å². The van der Waals surface area contributed by atoms with Gasteiger partial charge >= 0.3 is 0 Å². The number of aryl methyl sites for hydroxylation is 1. The van der Waals surface area contributed by atoms with Crippen LogP contribution in [0.25, 0.3) is 11.4 Å².